The first-order valence-corrected chi connectivity index (χ1v) is 4.42. The number of nitrogens with two attached hydrogens (primary N) is 1. The normalized spacial score (nSPS) is 14.5. The predicted octanol–water partition coefficient (Wildman–Crippen LogP) is -0.728. The smallest absolute Gasteiger partial charge is 0.338 e. The Morgan fingerprint density at radius 1 is 1.56 bits per heavy atom. The summed E-state index contributed by atoms with van der Waals surface area (Å²) in [7, 11) is 0. The van der Waals surface area contributed by atoms with Gasteiger partial charge in [0.25, 0.3) is 0 Å². The van der Waals surface area contributed by atoms with Crippen LogP contribution < -0.4 is 5.73 Å². The van der Waals surface area contributed by atoms with Crippen LogP contribution in [0.2, 0.25) is 0 Å². The lowest BCUT2D eigenvalue weighted by Gasteiger charge is -2.15. The van der Waals surface area contributed by atoms with Crippen LogP contribution in [-0.2, 0) is 0 Å². The summed E-state index contributed by atoms with van der Waals surface area (Å²) in [6, 6.07) is 0.862. The number of carboxylic acids is 1. The molecule has 88 valence electrons. The molecule has 0 saturated carbocycles. The van der Waals surface area contributed by atoms with E-state index in [2.05, 4.69) is 4.98 Å². The van der Waals surface area contributed by atoms with Gasteiger partial charge in [-0.25, -0.2) is 9.18 Å². The number of halogens is 1. The molecule has 1 aromatic heterocycles. The van der Waals surface area contributed by atoms with Crippen LogP contribution in [0, 0.1) is 5.82 Å². The van der Waals surface area contributed by atoms with Crippen molar-refractivity contribution in [3.63, 3.8) is 0 Å². The summed E-state index contributed by atoms with van der Waals surface area (Å²) in [4.78, 5) is 14.1. The Morgan fingerprint density at radius 3 is 2.69 bits per heavy atom. The summed E-state index contributed by atoms with van der Waals surface area (Å²) < 4.78 is 13.0. The van der Waals surface area contributed by atoms with Crippen molar-refractivity contribution in [2.75, 3.05) is 6.54 Å². The van der Waals surface area contributed by atoms with Gasteiger partial charge in [0.05, 0.1) is 23.6 Å². The first kappa shape index (κ1) is 12.5. The second-order valence-electron chi connectivity index (χ2n) is 3.14. The maximum absolute atomic E-state index is 13.0. The van der Waals surface area contributed by atoms with Crippen molar-refractivity contribution in [2.45, 2.75) is 12.2 Å². The number of hydrogen-bond donors (Lipinski definition) is 4. The van der Waals surface area contributed by atoms with Crippen molar-refractivity contribution in [1.29, 1.82) is 0 Å². The van der Waals surface area contributed by atoms with Gasteiger partial charge in [0.2, 0.25) is 0 Å². The lowest BCUT2D eigenvalue weighted by Crippen LogP contribution is -2.28. The molecule has 0 fully saturated rings. The number of aromatic carboxylic acids is 1. The molecule has 1 aromatic rings. The average Bonchev–Trinajstić information content (AvgIpc) is 2.27. The van der Waals surface area contributed by atoms with Crippen molar-refractivity contribution >= 4 is 5.97 Å². The number of aromatic nitrogens is 1. The Hall–Kier alpha value is -1.57. The lowest BCUT2D eigenvalue weighted by atomic mass is 10.1. The van der Waals surface area contributed by atoms with Crippen LogP contribution in [-0.4, -0.2) is 38.9 Å². The van der Waals surface area contributed by atoms with Gasteiger partial charge in [0.15, 0.2) is 5.82 Å². The second kappa shape index (κ2) is 4.97. The molecule has 0 aliphatic carbocycles. The summed E-state index contributed by atoms with van der Waals surface area (Å²) in [5, 5.41) is 27.3. The number of aliphatic hydroxyl groups is 2. The largest absolute Gasteiger partial charge is 0.478 e. The van der Waals surface area contributed by atoms with Crippen LogP contribution in [0.1, 0.15) is 22.2 Å². The van der Waals surface area contributed by atoms with E-state index in [0.29, 0.717) is 6.20 Å². The maximum atomic E-state index is 13.0. The van der Waals surface area contributed by atoms with Crippen molar-refractivity contribution in [3.8, 4) is 0 Å². The van der Waals surface area contributed by atoms with Gasteiger partial charge < -0.3 is 21.1 Å². The van der Waals surface area contributed by atoms with E-state index in [4.69, 9.17) is 10.8 Å². The number of carboxylic acid groups (broad SMARTS) is 1. The molecule has 0 spiro atoms. The number of pyridine rings is 1. The van der Waals surface area contributed by atoms with Crippen LogP contribution in [0.5, 0.6) is 0 Å². The molecule has 1 heterocycles. The minimum atomic E-state index is -1.48. The summed E-state index contributed by atoms with van der Waals surface area (Å²) in [5.74, 6) is -2.48. The Morgan fingerprint density at radius 2 is 2.19 bits per heavy atom. The highest BCUT2D eigenvalue weighted by atomic mass is 19.1. The fourth-order valence-corrected chi connectivity index (χ4v) is 1.11. The van der Waals surface area contributed by atoms with E-state index in [-0.39, 0.29) is 12.2 Å². The van der Waals surface area contributed by atoms with Crippen LogP contribution >= 0.6 is 0 Å². The number of hydrogen-bond acceptors (Lipinski definition) is 5. The van der Waals surface area contributed by atoms with Crippen LogP contribution in [0.4, 0.5) is 4.39 Å². The van der Waals surface area contributed by atoms with Crippen molar-refractivity contribution in [3.05, 3.63) is 29.3 Å². The van der Waals surface area contributed by atoms with Crippen LogP contribution in [0.15, 0.2) is 12.3 Å². The Kier molecular flexibility index (Phi) is 3.88. The Balaban J connectivity index is 3.07. The van der Waals surface area contributed by atoms with Crippen LogP contribution in [0.3, 0.4) is 0 Å². The molecular weight excluding hydrogens is 219 g/mol. The zero-order valence-electron chi connectivity index (χ0n) is 8.17. The summed E-state index contributed by atoms with van der Waals surface area (Å²) in [6.07, 6.45) is -2.05. The molecule has 2 unspecified atom stereocenters. The molecule has 0 bridgehead atoms. The van der Waals surface area contributed by atoms with Gasteiger partial charge in [-0.2, -0.15) is 0 Å². The molecule has 2 atom stereocenters. The van der Waals surface area contributed by atoms with E-state index in [9.17, 15) is 19.4 Å². The third-order valence-electron chi connectivity index (χ3n) is 2.02. The Labute approximate surface area is 90.2 Å². The third-order valence-corrected chi connectivity index (χ3v) is 2.02. The number of aliphatic hydroxyl groups excluding tert-OH is 2. The van der Waals surface area contributed by atoms with Gasteiger partial charge >= 0.3 is 5.97 Å². The fraction of sp³-hybridized carbons (Fsp3) is 0.333. The molecule has 0 amide bonds. The fourth-order valence-electron chi connectivity index (χ4n) is 1.11. The summed E-state index contributed by atoms with van der Waals surface area (Å²) >= 11 is 0. The van der Waals surface area contributed by atoms with Gasteiger partial charge in [-0.3, -0.25) is 4.98 Å². The van der Waals surface area contributed by atoms with Crippen molar-refractivity contribution in [2.24, 2.45) is 5.73 Å². The minimum absolute atomic E-state index is 0.142. The van der Waals surface area contributed by atoms with Gasteiger partial charge in [0, 0.05) is 6.54 Å². The van der Waals surface area contributed by atoms with Crippen molar-refractivity contribution in [1.82, 2.24) is 4.98 Å². The standard InChI is InChI=1S/C9H11FN2O4/c10-5-3-12-6(1-4(5)9(15)16)8(14)7(13)2-11/h1,3,7-8,13-14H,2,11H2,(H,15,16). The molecule has 0 aromatic carbocycles. The molecule has 0 radical (unpaired) electrons. The van der Waals surface area contributed by atoms with E-state index in [1.165, 1.54) is 0 Å². The zero-order valence-corrected chi connectivity index (χ0v) is 8.17. The number of rotatable bonds is 4. The van der Waals surface area contributed by atoms with Gasteiger partial charge in [-0.15, -0.1) is 0 Å². The van der Waals surface area contributed by atoms with E-state index >= 15 is 0 Å². The zero-order chi connectivity index (χ0) is 12.3. The highest BCUT2D eigenvalue weighted by Crippen LogP contribution is 2.17. The quantitative estimate of drug-likeness (QED) is 0.542. The maximum Gasteiger partial charge on any atom is 0.338 e. The van der Waals surface area contributed by atoms with E-state index in [0.717, 1.165) is 6.07 Å². The molecular formula is C9H11FN2O4. The molecule has 6 nitrogen and oxygen atoms in total. The number of nitrogens with zero attached hydrogens (tertiary/aromatic N) is 1. The SMILES string of the molecule is NCC(O)C(O)c1cc(C(=O)O)c(F)cn1. The lowest BCUT2D eigenvalue weighted by molar-refractivity contribution is 0.0215. The molecule has 5 N–H and O–H groups in total. The predicted molar refractivity (Wildman–Crippen MR) is 51.2 cm³/mol. The molecule has 7 heteroatoms. The molecule has 16 heavy (non-hydrogen) atoms. The first-order chi connectivity index (χ1) is 7.47. The summed E-state index contributed by atoms with van der Waals surface area (Å²) in [6.45, 7) is -0.220. The monoisotopic (exact) mass is 230 g/mol. The summed E-state index contributed by atoms with van der Waals surface area (Å²) in [5.41, 5.74) is 4.35. The second-order valence-corrected chi connectivity index (χ2v) is 3.14. The molecule has 1 rings (SSSR count). The van der Waals surface area contributed by atoms with E-state index in [1.54, 1.807) is 0 Å². The molecule has 0 aliphatic heterocycles. The number of carbonyl (C=O) groups is 1. The van der Waals surface area contributed by atoms with Gasteiger partial charge in [0.1, 0.15) is 6.10 Å². The van der Waals surface area contributed by atoms with Crippen molar-refractivity contribution < 1.29 is 24.5 Å². The van der Waals surface area contributed by atoms with E-state index in [1.807, 2.05) is 0 Å². The van der Waals surface area contributed by atoms with E-state index < -0.39 is 29.6 Å². The highest BCUT2D eigenvalue weighted by Gasteiger charge is 2.21. The highest BCUT2D eigenvalue weighted by molar-refractivity contribution is 5.87. The van der Waals surface area contributed by atoms with Gasteiger partial charge in [-0.1, -0.05) is 0 Å². The topological polar surface area (TPSA) is 117 Å². The molecule has 0 aliphatic rings. The minimum Gasteiger partial charge on any atom is -0.478 e. The average molecular weight is 230 g/mol. The molecule has 0 saturated heterocycles. The van der Waals surface area contributed by atoms with Gasteiger partial charge in [-0.05, 0) is 6.07 Å². The third kappa shape index (κ3) is 2.51. The Bertz CT molecular complexity index is 399. The first-order valence-electron chi connectivity index (χ1n) is 4.42. The van der Waals surface area contributed by atoms with Crippen LogP contribution in [0.25, 0.3) is 0 Å².